The Hall–Kier alpha value is -3.78. The van der Waals surface area contributed by atoms with Crippen LogP contribution < -0.4 is 14.2 Å². The largest absolute Gasteiger partial charge is 0.507 e. The molecular formula is C28H34N2O6. The molecule has 2 aromatic carbocycles. The third kappa shape index (κ3) is 5.54. The van der Waals surface area contributed by atoms with Gasteiger partial charge in [0.2, 0.25) is 0 Å². The summed E-state index contributed by atoms with van der Waals surface area (Å²) in [5.74, 6) is 0.0126. The third-order valence-electron chi connectivity index (χ3n) is 5.95. The van der Waals surface area contributed by atoms with Gasteiger partial charge in [-0.2, -0.15) is 0 Å². The summed E-state index contributed by atoms with van der Waals surface area (Å²) in [4.78, 5) is 29.9. The van der Waals surface area contributed by atoms with Crippen LogP contribution in [0.1, 0.15) is 29.7 Å². The Morgan fingerprint density at radius 3 is 2.50 bits per heavy atom. The molecule has 2 aromatic rings. The van der Waals surface area contributed by atoms with Gasteiger partial charge in [0.15, 0.2) is 11.5 Å². The van der Waals surface area contributed by atoms with E-state index in [1.165, 1.54) is 12.0 Å². The van der Waals surface area contributed by atoms with Gasteiger partial charge in [-0.05, 0) is 69.4 Å². The number of ether oxygens (including phenoxy) is 3. The molecule has 1 amide bonds. The van der Waals surface area contributed by atoms with E-state index in [0.717, 1.165) is 5.56 Å². The standard InChI is InChI=1S/C28H34N2O6/c1-7-15-36-22-12-9-19(17-23(22)34-6)25-24(27(32)28(33)30(25)14-13-29(4)5)26(31)21-11-10-20(35-8-2)16-18(21)3/h7,9-12,16-17,25,31H,1,8,13-15H2,2-6H3/b26-24+. The van der Waals surface area contributed by atoms with Crippen molar-refractivity contribution in [3.8, 4) is 17.2 Å². The van der Waals surface area contributed by atoms with E-state index >= 15 is 0 Å². The number of amides is 1. The van der Waals surface area contributed by atoms with E-state index in [1.54, 1.807) is 42.5 Å². The highest BCUT2D eigenvalue weighted by molar-refractivity contribution is 6.46. The Morgan fingerprint density at radius 1 is 1.14 bits per heavy atom. The summed E-state index contributed by atoms with van der Waals surface area (Å²) < 4.78 is 16.7. The number of hydrogen-bond donors (Lipinski definition) is 1. The molecule has 8 nitrogen and oxygen atoms in total. The van der Waals surface area contributed by atoms with Gasteiger partial charge < -0.3 is 29.1 Å². The van der Waals surface area contributed by atoms with Crippen LogP contribution in [0.15, 0.2) is 54.6 Å². The monoisotopic (exact) mass is 494 g/mol. The summed E-state index contributed by atoms with van der Waals surface area (Å²) in [6.07, 6.45) is 1.63. The van der Waals surface area contributed by atoms with Crippen molar-refractivity contribution in [2.45, 2.75) is 19.9 Å². The summed E-state index contributed by atoms with van der Waals surface area (Å²) in [6, 6.07) is 9.67. The van der Waals surface area contributed by atoms with Gasteiger partial charge in [0.05, 0.1) is 25.3 Å². The SMILES string of the molecule is C=CCOc1ccc(C2/C(=C(\O)c3ccc(OCC)cc3C)C(=O)C(=O)N2CCN(C)C)cc1OC. The number of aryl methyl sites for hydroxylation is 1. The molecule has 0 radical (unpaired) electrons. The Kier molecular flexibility index (Phi) is 8.77. The molecule has 8 heteroatoms. The van der Waals surface area contributed by atoms with E-state index in [0.29, 0.717) is 54.7 Å². The second kappa shape index (κ2) is 11.8. The molecule has 1 fully saturated rings. The summed E-state index contributed by atoms with van der Waals surface area (Å²) in [7, 11) is 5.31. The topological polar surface area (TPSA) is 88.5 Å². The average Bonchev–Trinajstić information content (AvgIpc) is 3.10. The van der Waals surface area contributed by atoms with Crippen LogP contribution in [0.2, 0.25) is 0 Å². The number of carbonyl (C=O) groups excluding carboxylic acids is 2. The van der Waals surface area contributed by atoms with Crippen LogP contribution in [-0.2, 0) is 9.59 Å². The minimum Gasteiger partial charge on any atom is -0.507 e. The number of aliphatic hydroxyl groups is 1. The molecule has 1 heterocycles. The maximum absolute atomic E-state index is 13.3. The van der Waals surface area contributed by atoms with Crippen LogP contribution >= 0.6 is 0 Å². The first-order valence-electron chi connectivity index (χ1n) is 11.8. The number of nitrogens with zero attached hydrogens (tertiary/aromatic N) is 2. The minimum atomic E-state index is -0.793. The highest BCUT2D eigenvalue weighted by Gasteiger charge is 2.46. The summed E-state index contributed by atoms with van der Waals surface area (Å²) >= 11 is 0. The fourth-order valence-corrected chi connectivity index (χ4v) is 4.19. The predicted octanol–water partition coefficient (Wildman–Crippen LogP) is 3.95. The Balaban J connectivity index is 2.17. The molecule has 1 N–H and O–H groups in total. The van der Waals surface area contributed by atoms with Gasteiger partial charge in [-0.25, -0.2) is 0 Å². The zero-order valence-corrected chi connectivity index (χ0v) is 21.5. The quantitative estimate of drug-likeness (QED) is 0.219. The van der Waals surface area contributed by atoms with Crippen molar-refractivity contribution >= 4 is 17.4 Å². The summed E-state index contributed by atoms with van der Waals surface area (Å²) in [5, 5.41) is 11.4. The first-order valence-corrected chi connectivity index (χ1v) is 11.8. The summed E-state index contributed by atoms with van der Waals surface area (Å²) in [6.45, 7) is 9.03. The van der Waals surface area contributed by atoms with Gasteiger partial charge in [-0.1, -0.05) is 18.7 Å². The van der Waals surface area contributed by atoms with E-state index < -0.39 is 17.7 Å². The number of benzene rings is 2. The molecule has 192 valence electrons. The number of methoxy groups -OCH3 is 1. The van der Waals surface area contributed by atoms with Crippen molar-refractivity contribution in [2.24, 2.45) is 0 Å². The van der Waals surface area contributed by atoms with Crippen LogP contribution in [-0.4, -0.2) is 74.1 Å². The van der Waals surface area contributed by atoms with Crippen LogP contribution in [0.4, 0.5) is 0 Å². The lowest BCUT2D eigenvalue weighted by Crippen LogP contribution is -2.35. The number of likely N-dealkylation sites (N-methyl/N-ethyl adjacent to an activating group) is 1. The molecule has 1 unspecified atom stereocenters. The molecule has 1 atom stereocenters. The Bertz CT molecular complexity index is 1170. The van der Waals surface area contributed by atoms with Gasteiger partial charge in [-0.15, -0.1) is 0 Å². The first kappa shape index (κ1) is 26.8. The highest BCUT2D eigenvalue weighted by Crippen LogP contribution is 2.42. The number of ketones is 1. The number of hydrogen-bond acceptors (Lipinski definition) is 7. The first-order chi connectivity index (χ1) is 17.2. The molecule has 0 saturated carbocycles. The van der Waals surface area contributed by atoms with Gasteiger partial charge >= 0.3 is 0 Å². The lowest BCUT2D eigenvalue weighted by molar-refractivity contribution is -0.140. The number of carbonyl (C=O) groups is 2. The van der Waals surface area contributed by atoms with Crippen molar-refractivity contribution in [3.63, 3.8) is 0 Å². The van der Waals surface area contributed by atoms with Gasteiger partial charge in [0.25, 0.3) is 11.7 Å². The number of rotatable bonds is 11. The number of likely N-dealkylation sites (tertiary alicyclic amines) is 1. The Morgan fingerprint density at radius 2 is 1.89 bits per heavy atom. The van der Waals surface area contributed by atoms with Crippen LogP contribution in [0.3, 0.4) is 0 Å². The van der Waals surface area contributed by atoms with E-state index in [1.807, 2.05) is 32.8 Å². The fourth-order valence-electron chi connectivity index (χ4n) is 4.19. The molecule has 0 aromatic heterocycles. The smallest absolute Gasteiger partial charge is 0.295 e. The van der Waals surface area contributed by atoms with Gasteiger partial charge in [0, 0.05) is 18.7 Å². The van der Waals surface area contributed by atoms with Gasteiger partial charge in [-0.3, -0.25) is 9.59 Å². The second-order valence-electron chi connectivity index (χ2n) is 8.72. The minimum absolute atomic E-state index is 0.0350. The molecule has 1 saturated heterocycles. The van der Waals surface area contributed by atoms with Crippen LogP contribution in [0, 0.1) is 6.92 Å². The van der Waals surface area contributed by atoms with Crippen molar-refractivity contribution in [1.29, 1.82) is 0 Å². The van der Waals surface area contributed by atoms with Crippen molar-refractivity contribution in [3.05, 3.63) is 71.3 Å². The van der Waals surface area contributed by atoms with E-state index in [-0.39, 0.29) is 11.3 Å². The second-order valence-corrected chi connectivity index (χ2v) is 8.72. The van der Waals surface area contributed by atoms with Gasteiger partial charge in [0.1, 0.15) is 18.1 Å². The zero-order chi connectivity index (χ0) is 26.4. The van der Waals surface area contributed by atoms with E-state index in [2.05, 4.69) is 6.58 Å². The number of aliphatic hydroxyl groups excluding tert-OH is 1. The van der Waals surface area contributed by atoms with Crippen molar-refractivity contribution < 1.29 is 28.9 Å². The van der Waals surface area contributed by atoms with Crippen LogP contribution in [0.25, 0.3) is 5.76 Å². The lowest BCUT2D eigenvalue weighted by Gasteiger charge is -2.27. The molecule has 3 rings (SSSR count). The molecule has 0 aliphatic carbocycles. The lowest BCUT2D eigenvalue weighted by atomic mass is 9.93. The average molecular weight is 495 g/mol. The van der Waals surface area contributed by atoms with Crippen LogP contribution in [0.5, 0.6) is 17.2 Å². The third-order valence-corrected chi connectivity index (χ3v) is 5.95. The zero-order valence-electron chi connectivity index (χ0n) is 21.5. The van der Waals surface area contributed by atoms with Crippen molar-refractivity contribution in [1.82, 2.24) is 9.80 Å². The highest BCUT2D eigenvalue weighted by atomic mass is 16.5. The fraction of sp³-hybridized carbons (Fsp3) is 0.357. The van der Waals surface area contributed by atoms with E-state index in [9.17, 15) is 14.7 Å². The Labute approximate surface area is 212 Å². The maximum atomic E-state index is 13.3. The summed E-state index contributed by atoms with van der Waals surface area (Å²) in [5.41, 5.74) is 1.85. The molecule has 1 aliphatic rings. The molecular weight excluding hydrogens is 460 g/mol. The van der Waals surface area contributed by atoms with E-state index in [4.69, 9.17) is 14.2 Å². The normalized spacial score (nSPS) is 16.9. The predicted molar refractivity (Wildman–Crippen MR) is 139 cm³/mol. The molecule has 36 heavy (non-hydrogen) atoms. The molecule has 1 aliphatic heterocycles. The molecule has 0 spiro atoms. The maximum Gasteiger partial charge on any atom is 0.295 e. The molecule has 0 bridgehead atoms. The number of Topliss-reactive ketones (excluding diaryl/α,β-unsaturated/α-hetero) is 1. The van der Waals surface area contributed by atoms with Crippen molar-refractivity contribution in [2.75, 3.05) is 47.5 Å².